The summed E-state index contributed by atoms with van der Waals surface area (Å²) in [5, 5.41) is 4.66. The summed E-state index contributed by atoms with van der Waals surface area (Å²) in [5.74, 6) is 1.48. The standard InChI is InChI=1S/C15H20N4/c1-11(2)14-10-19(8-7-16-14)15-17-9-12-5-3-4-6-13(12)18-15/h3-6,9,11,14,16H,7-8,10H2,1-2H3/t14-/m1/s1. The summed E-state index contributed by atoms with van der Waals surface area (Å²) in [4.78, 5) is 11.5. The Morgan fingerprint density at radius 1 is 1.32 bits per heavy atom. The third-order valence-electron chi connectivity index (χ3n) is 3.77. The lowest BCUT2D eigenvalue weighted by Crippen LogP contribution is -2.53. The van der Waals surface area contributed by atoms with Crippen LogP contribution in [0.3, 0.4) is 0 Å². The summed E-state index contributed by atoms with van der Waals surface area (Å²) in [6.07, 6.45) is 1.92. The van der Waals surface area contributed by atoms with E-state index in [1.165, 1.54) is 0 Å². The second kappa shape index (κ2) is 5.13. The quantitative estimate of drug-likeness (QED) is 0.893. The van der Waals surface area contributed by atoms with E-state index in [0.29, 0.717) is 12.0 Å². The molecular formula is C15H20N4. The molecule has 1 aliphatic rings. The fraction of sp³-hybridized carbons (Fsp3) is 0.467. The molecule has 1 atom stereocenters. The Hall–Kier alpha value is -1.68. The highest BCUT2D eigenvalue weighted by molar-refractivity contribution is 5.78. The molecule has 1 fully saturated rings. The molecule has 3 rings (SSSR count). The number of aromatic nitrogens is 2. The van der Waals surface area contributed by atoms with Gasteiger partial charge in [0.1, 0.15) is 0 Å². The number of nitrogens with zero attached hydrogens (tertiary/aromatic N) is 3. The molecule has 1 aromatic heterocycles. The molecule has 1 aromatic carbocycles. The monoisotopic (exact) mass is 256 g/mol. The Labute approximate surface area is 113 Å². The van der Waals surface area contributed by atoms with Crippen LogP contribution >= 0.6 is 0 Å². The molecule has 19 heavy (non-hydrogen) atoms. The number of rotatable bonds is 2. The van der Waals surface area contributed by atoms with E-state index in [1.807, 2.05) is 30.5 Å². The number of para-hydroxylation sites is 1. The lowest BCUT2D eigenvalue weighted by Gasteiger charge is -2.35. The molecule has 1 saturated heterocycles. The molecule has 0 bridgehead atoms. The number of fused-ring (bicyclic) bond motifs is 1. The highest BCUT2D eigenvalue weighted by atomic mass is 15.3. The van der Waals surface area contributed by atoms with Crippen molar-refractivity contribution in [3.63, 3.8) is 0 Å². The van der Waals surface area contributed by atoms with Gasteiger partial charge in [-0.3, -0.25) is 0 Å². The van der Waals surface area contributed by atoms with E-state index in [0.717, 1.165) is 36.5 Å². The number of benzene rings is 1. The van der Waals surface area contributed by atoms with Gasteiger partial charge in [-0.1, -0.05) is 32.0 Å². The Morgan fingerprint density at radius 2 is 2.16 bits per heavy atom. The molecule has 1 aliphatic heterocycles. The van der Waals surface area contributed by atoms with E-state index in [2.05, 4.69) is 34.0 Å². The third-order valence-corrected chi connectivity index (χ3v) is 3.77. The van der Waals surface area contributed by atoms with Crippen LogP contribution in [0.2, 0.25) is 0 Å². The van der Waals surface area contributed by atoms with E-state index < -0.39 is 0 Å². The highest BCUT2D eigenvalue weighted by Gasteiger charge is 2.23. The number of nitrogens with one attached hydrogen (secondary N) is 1. The summed E-state index contributed by atoms with van der Waals surface area (Å²) in [5.41, 5.74) is 1.02. The van der Waals surface area contributed by atoms with Crippen molar-refractivity contribution in [2.45, 2.75) is 19.9 Å². The maximum atomic E-state index is 4.68. The van der Waals surface area contributed by atoms with Crippen LogP contribution < -0.4 is 10.2 Å². The second-order valence-electron chi connectivity index (χ2n) is 5.48. The first-order valence-corrected chi connectivity index (χ1v) is 6.94. The van der Waals surface area contributed by atoms with Crippen LogP contribution in [-0.2, 0) is 0 Å². The molecule has 0 spiro atoms. The van der Waals surface area contributed by atoms with Gasteiger partial charge in [-0.25, -0.2) is 9.97 Å². The second-order valence-corrected chi connectivity index (χ2v) is 5.48. The van der Waals surface area contributed by atoms with Gasteiger partial charge in [0.25, 0.3) is 0 Å². The van der Waals surface area contributed by atoms with Gasteiger partial charge in [-0.05, 0) is 12.0 Å². The van der Waals surface area contributed by atoms with Crippen molar-refractivity contribution in [3.8, 4) is 0 Å². The Balaban J connectivity index is 1.87. The summed E-state index contributed by atoms with van der Waals surface area (Å²) in [6.45, 7) is 7.46. The van der Waals surface area contributed by atoms with Crippen LogP contribution in [0.4, 0.5) is 5.95 Å². The first-order chi connectivity index (χ1) is 9.24. The Kier molecular flexibility index (Phi) is 3.34. The number of hydrogen-bond donors (Lipinski definition) is 1. The molecule has 1 N–H and O–H groups in total. The van der Waals surface area contributed by atoms with E-state index in [-0.39, 0.29) is 0 Å². The maximum Gasteiger partial charge on any atom is 0.225 e. The SMILES string of the molecule is CC(C)[C@H]1CN(c2ncc3ccccc3n2)CCN1. The normalized spacial score (nSPS) is 20.2. The van der Waals surface area contributed by atoms with Crippen molar-refractivity contribution >= 4 is 16.9 Å². The smallest absolute Gasteiger partial charge is 0.225 e. The van der Waals surface area contributed by atoms with Gasteiger partial charge in [0, 0.05) is 37.3 Å². The summed E-state index contributed by atoms with van der Waals surface area (Å²) in [6, 6.07) is 8.65. The van der Waals surface area contributed by atoms with Crippen LogP contribution in [0.1, 0.15) is 13.8 Å². The minimum absolute atomic E-state index is 0.517. The van der Waals surface area contributed by atoms with Gasteiger partial charge >= 0.3 is 0 Å². The first kappa shape index (κ1) is 12.4. The largest absolute Gasteiger partial charge is 0.338 e. The fourth-order valence-corrected chi connectivity index (χ4v) is 2.52. The van der Waals surface area contributed by atoms with Gasteiger partial charge in [-0.15, -0.1) is 0 Å². The van der Waals surface area contributed by atoms with E-state index in [1.54, 1.807) is 0 Å². The number of anilines is 1. The zero-order valence-corrected chi connectivity index (χ0v) is 11.5. The van der Waals surface area contributed by atoms with Crippen LogP contribution in [-0.4, -0.2) is 35.6 Å². The summed E-state index contributed by atoms with van der Waals surface area (Å²) < 4.78 is 0. The molecular weight excluding hydrogens is 236 g/mol. The van der Waals surface area contributed by atoms with Gasteiger partial charge in [0.15, 0.2) is 0 Å². The predicted molar refractivity (Wildman–Crippen MR) is 78.4 cm³/mol. The fourth-order valence-electron chi connectivity index (χ4n) is 2.52. The van der Waals surface area contributed by atoms with Gasteiger partial charge < -0.3 is 10.2 Å². The summed E-state index contributed by atoms with van der Waals surface area (Å²) >= 11 is 0. The van der Waals surface area contributed by atoms with Crippen LogP contribution in [0, 0.1) is 5.92 Å². The van der Waals surface area contributed by atoms with Crippen molar-refractivity contribution in [2.75, 3.05) is 24.5 Å². The first-order valence-electron chi connectivity index (χ1n) is 6.94. The zero-order chi connectivity index (χ0) is 13.2. The van der Waals surface area contributed by atoms with Crippen molar-refractivity contribution in [1.82, 2.24) is 15.3 Å². The van der Waals surface area contributed by atoms with Gasteiger partial charge in [0.2, 0.25) is 5.95 Å². The minimum Gasteiger partial charge on any atom is -0.338 e. The lowest BCUT2D eigenvalue weighted by molar-refractivity contribution is 0.366. The van der Waals surface area contributed by atoms with Crippen molar-refractivity contribution in [1.29, 1.82) is 0 Å². The molecule has 0 saturated carbocycles. The predicted octanol–water partition coefficient (Wildman–Crippen LogP) is 2.06. The van der Waals surface area contributed by atoms with Crippen molar-refractivity contribution in [2.24, 2.45) is 5.92 Å². The minimum atomic E-state index is 0.517. The molecule has 2 aromatic rings. The number of piperazine rings is 1. The molecule has 0 aliphatic carbocycles. The lowest BCUT2D eigenvalue weighted by atomic mass is 10.0. The Morgan fingerprint density at radius 3 is 3.00 bits per heavy atom. The molecule has 4 nitrogen and oxygen atoms in total. The molecule has 4 heteroatoms. The van der Waals surface area contributed by atoms with Gasteiger partial charge in [-0.2, -0.15) is 0 Å². The Bertz CT molecular complexity index is 567. The van der Waals surface area contributed by atoms with E-state index >= 15 is 0 Å². The zero-order valence-electron chi connectivity index (χ0n) is 11.5. The third kappa shape index (κ3) is 2.54. The molecule has 0 amide bonds. The average molecular weight is 256 g/mol. The molecule has 100 valence electrons. The van der Waals surface area contributed by atoms with E-state index in [9.17, 15) is 0 Å². The van der Waals surface area contributed by atoms with Crippen molar-refractivity contribution in [3.05, 3.63) is 30.5 Å². The molecule has 0 unspecified atom stereocenters. The van der Waals surface area contributed by atoms with Crippen LogP contribution in [0.15, 0.2) is 30.5 Å². The topological polar surface area (TPSA) is 41.1 Å². The van der Waals surface area contributed by atoms with Crippen LogP contribution in [0.25, 0.3) is 10.9 Å². The summed E-state index contributed by atoms with van der Waals surface area (Å²) in [7, 11) is 0. The average Bonchev–Trinajstić information content (AvgIpc) is 2.47. The molecule has 0 radical (unpaired) electrons. The number of hydrogen-bond acceptors (Lipinski definition) is 4. The van der Waals surface area contributed by atoms with Crippen molar-refractivity contribution < 1.29 is 0 Å². The maximum absolute atomic E-state index is 4.68. The van der Waals surface area contributed by atoms with Gasteiger partial charge in [0.05, 0.1) is 5.52 Å². The van der Waals surface area contributed by atoms with Crippen LogP contribution in [0.5, 0.6) is 0 Å². The highest BCUT2D eigenvalue weighted by Crippen LogP contribution is 2.17. The molecule has 2 heterocycles. The van der Waals surface area contributed by atoms with E-state index in [4.69, 9.17) is 0 Å².